The molecule has 1 aromatic carbocycles. The van der Waals surface area contributed by atoms with Gasteiger partial charge in [-0.25, -0.2) is 4.79 Å². The summed E-state index contributed by atoms with van der Waals surface area (Å²) in [4.78, 5) is 14.7. The minimum atomic E-state index is -0.386. The zero-order valence-electron chi connectivity index (χ0n) is 10.7. The number of anilines is 2. The van der Waals surface area contributed by atoms with Crippen LogP contribution < -0.4 is 15.5 Å². The average molecular weight is 263 g/mol. The van der Waals surface area contributed by atoms with Crippen LogP contribution in [0.2, 0.25) is 0 Å². The van der Waals surface area contributed by atoms with Crippen LogP contribution in [0.5, 0.6) is 0 Å². The van der Waals surface area contributed by atoms with E-state index in [1.54, 1.807) is 31.3 Å². The minimum absolute atomic E-state index is 0.0449. The van der Waals surface area contributed by atoms with E-state index in [1.807, 2.05) is 0 Å². The van der Waals surface area contributed by atoms with E-state index in [0.29, 0.717) is 13.1 Å². The smallest absolute Gasteiger partial charge is 0.414 e. The molecule has 6 nitrogen and oxygen atoms in total. The Balaban J connectivity index is 2.15. The van der Waals surface area contributed by atoms with Gasteiger partial charge in [0.15, 0.2) is 5.88 Å². The lowest BCUT2D eigenvalue weighted by Crippen LogP contribution is -2.27. The fraction of sp³-hybridized carbons (Fsp3) is 0.308. The lowest BCUT2D eigenvalue weighted by molar-refractivity contribution is 0.145. The highest BCUT2D eigenvalue weighted by Crippen LogP contribution is 2.24. The van der Waals surface area contributed by atoms with Gasteiger partial charge in [0.25, 0.3) is 0 Å². The van der Waals surface area contributed by atoms with Crippen molar-refractivity contribution in [2.24, 2.45) is 5.73 Å². The lowest BCUT2D eigenvalue weighted by Gasteiger charge is -2.19. The Morgan fingerprint density at radius 3 is 2.68 bits per heavy atom. The molecule has 1 fully saturated rings. The van der Waals surface area contributed by atoms with Crippen molar-refractivity contribution in [3.05, 3.63) is 36.7 Å². The van der Waals surface area contributed by atoms with Crippen LogP contribution in [0.25, 0.3) is 0 Å². The molecule has 0 spiro atoms. The minimum Gasteiger partial charge on any atom is -0.495 e. The number of rotatable bonds is 4. The third-order valence-corrected chi connectivity index (χ3v) is 3.07. The first-order valence-corrected chi connectivity index (χ1v) is 5.93. The molecule has 0 radical (unpaired) electrons. The van der Waals surface area contributed by atoms with E-state index in [4.69, 9.17) is 10.5 Å². The maximum atomic E-state index is 11.7. The molecule has 6 heteroatoms. The van der Waals surface area contributed by atoms with E-state index >= 15 is 0 Å². The molecule has 1 aromatic rings. The molecule has 0 aromatic heterocycles. The zero-order valence-corrected chi connectivity index (χ0v) is 10.7. The summed E-state index contributed by atoms with van der Waals surface area (Å²) in [5.74, 6) is -0.0449. The van der Waals surface area contributed by atoms with Crippen LogP contribution in [0, 0.1) is 0 Å². The molecule has 0 unspecified atom stereocenters. The predicted octanol–water partition coefficient (Wildman–Crippen LogP) is 1.44. The summed E-state index contributed by atoms with van der Waals surface area (Å²) < 4.78 is 5.09. The normalized spacial score (nSPS) is 18.3. The van der Waals surface area contributed by atoms with Gasteiger partial charge in [-0.15, -0.1) is 0 Å². The first kappa shape index (κ1) is 13.2. The van der Waals surface area contributed by atoms with Crippen molar-refractivity contribution in [2.45, 2.75) is 6.10 Å². The van der Waals surface area contributed by atoms with Gasteiger partial charge in [-0.1, -0.05) is 0 Å². The van der Waals surface area contributed by atoms with Gasteiger partial charge in [-0.05, 0) is 30.8 Å². The third-order valence-electron chi connectivity index (χ3n) is 3.07. The average Bonchev–Trinajstić information content (AvgIpc) is 2.79. The first-order valence-electron chi connectivity index (χ1n) is 5.93. The fourth-order valence-electron chi connectivity index (χ4n) is 1.86. The largest absolute Gasteiger partial charge is 0.495 e. The SMILES string of the molecule is C=C(O)N(C)c1ccc(N2C[C@H](CN)OC2=O)cc1. The number of amides is 1. The van der Waals surface area contributed by atoms with Crippen LogP contribution in [0.15, 0.2) is 36.7 Å². The van der Waals surface area contributed by atoms with Gasteiger partial charge in [0.05, 0.1) is 6.54 Å². The molecule has 3 N–H and O–H groups in total. The van der Waals surface area contributed by atoms with Gasteiger partial charge in [0.2, 0.25) is 0 Å². The number of ether oxygens (including phenoxy) is 1. The number of hydrogen-bond acceptors (Lipinski definition) is 5. The number of aliphatic hydroxyl groups is 1. The van der Waals surface area contributed by atoms with Gasteiger partial charge in [-0.3, -0.25) is 4.90 Å². The van der Waals surface area contributed by atoms with Crippen LogP contribution in [0.1, 0.15) is 0 Å². The number of carbonyl (C=O) groups excluding carboxylic acids is 1. The number of cyclic esters (lactones) is 1. The van der Waals surface area contributed by atoms with Crippen molar-refractivity contribution >= 4 is 17.5 Å². The second-order valence-corrected chi connectivity index (χ2v) is 4.34. The molecule has 0 saturated carbocycles. The molecule has 0 aliphatic carbocycles. The van der Waals surface area contributed by atoms with Crippen molar-refractivity contribution in [2.75, 3.05) is 29.9 Å². The van der Waals surface area contributed by atoms with Gasteiger partial charge in [0.1, 0.15) is 6.10 Å². The highest BCUT2D eigenvalue weighted by Gasteiger charge is 2.31. The second kappa shape index (κ2) is 5.19. The zero-order chi connectivity index (χ0) is 14.0. The fourth-order valence-corrected chi connectivity index (χ4v) is 1.86. The van der Waals surface area contributed by atoms with Gasteiger partial charge < -0.3 is 20.5 Å². The van der Waals surface area contributed by atoms with Crippen LogP contribution >= 0.6 is 0 Å². The van der Waals surface area contributed by atoms with Crippen LogP contribution in [-0.2, 0) is 4.74 Å². The number of carbonyl (C=O) groups is 1. The summed E-state index contributed by atoms with van der Waals surface area (Å²) in [5.41, 5.74) is 7.00. The van der Waals surface area contributed by atoms with Gasteiger partial charge in [0, 0.05) is 25.0 Å². The Labute approximate surface area is 111 Å². The van der Waals surface area contributed by atoms with E-state index in [-0.39, 0.29) is 18.1 Å². The van der Waals surface area contributed by atoms with Gasteiger partial charge in [-0.2, -0.15) is 0 Å². The number of benzene rings is 1. The van der Waals surface area contributed by atoms with Crippen molar-refractivity contribution in [3.63, 3.8) is 0 Å². The Morgan fingerprint density at radius 2 is 2.21 bits per heavy atom. The molecule has 102 valence electrons. The number of nitrogens with zero attached hydrogens (tertiary/aromatic N) is 2. The van der Waals surface area contributed by atoms with Gasteiger partial charge >= 0.3 is 6.09 Å². The topological polar surface area (TPSA) is 79.0 Å². The predicted molar refractivity (Wildman–Crippen MR) is 73.3 cm³/mol. The lowest BCUT2D eigenvalue weighted by atomic mass is 10.2. The van der Waals surface area contributed by atoms with E-state index in [1.165, 1.54) is 9.80 Å². The molecule has 1 heterocycles. The summed E-state index contributed by atoms with van der Waals surface area (Å²) in [6.07, 6.45) is -0.643. The Kier molecular flexibility index (Phi) is 3.62. The molecule has 1 amide bonds. The van der Waals surface area contributed by atoms with E-state index in [0.717, 1.165) is 11.4 Å². The Bertz CT molecular complexity index is 486. The molecule has 1 aliphatic heterocycles. The summed E-state index contributed by atoms with van der Waals surface area (Å²) >= 11 is 0. The molecular weight excluding hydrogens is 246 g/mol. The molecular formula is C13H17N3O3. The highest BCUT2D eigenvalue weighted by atomic mass is 16.6. The van der Waals surface area contributed by atoms with Crippen molar-refractivity contribution in [3.8, 4) is 0 Å². The Morgan fingerprint density at radius 1 is 1.58 bits per heavy atom. The molecule has 1 aliphatic rings. The monoisotopic (exact) mass is 263 g/mol. The number of aliphatic hydroxyl groups excluding tert-OH is 1. The van der Waals surface area contributed by atoms with Crippen molar-refractivity contribution < 1.29 is 14.6 Å². The number of hydrogen-bond donors (Lipinski definition) is 2. The molecule has 19 heavy (non-hydrogen) atoms. The summed E-state index contributed by atoms with van der Waals surface area (Å²) in [7, 11) is 1.70. The van der Waals surface area contributed by atoms with Crippen LogP contribution in [-0.4, -0.2) is 37.4 Å². The quantitative estimate of drug-likeness (QED) is 0.803. The van der Waals surface area contributed by atoms with E-state index in [9.17, 15) is 9.90 Å². The molecule has 1 atom stereocenters. The molecule has 1 saturated heterocycles. The summed E-state index contributed by atoms with van der Waals surface area (Å²) in [6, 6.07) is 7.16. The standard InChI is InChI=1S/C13H17N3O3/c1-9(17)15(2)10-3-5-11(6-4-10)16-8-12(7-14)19-13(16)18/h3-6,12,17H,1,7-8,14H2,2H3/t12-/m0/s1. The van der Waals surface area contributed by atoms with E-state index < -0.39 is 0 Å². The van der Waals surface area contributed by atoms with Crippen molar-refractivity contribution in [1.29, 1.82) is 0 Å². The second-order valence-electron chi connectivity index (χ2n) is 4.34. The van der Waals surface area contributed by atoms with Crippen LogP contribution in [0.4, 0.5) is 16.2 Å². The Hall–Kier alpha value is -2.21. The first-order chi connectivity index (χ1) is 9.02. The van der Waals surface area contributed by atoms with E-state index in [2.05, 4.69) is 6.58 Å². The maximum Gasteiger partial charge on any atom is 0.414 e. The van der Waals surface area contributed by atoms with Crippen LogP contribution in [0.3, 0.4) is 0 Å². The molecule has 2 rings (SSSR count). The number of nitrogens with two attached hydrogens (primary N) is 1. The summed E-state index contributed by atoms with van der Waals surface area (Å²) in [6.45, 7) is 4.22. The highest BCUT2D eigenvalue weighted by molar-refractivity contribution is 5.90. The van der Waals surface area contributed by atoms with Crippen molar-refractivity contribution in [1.82, 2.24) is 0 Å². The maximum absolute atomic E-state index is 11.7. The summed E-state index contributed by atoms with van der Waals surface area (Å²) in [5, 5.41) is 9.30. The third kappa shape index (κ3) is 2.63. The molecule has 0 bridgehead atoms.